The van der Waals surface area contributed by atoms with E-state index in [-0.39, 0.29) is 36.8 Å². The highest BCUT2D eigenvalue weighted by Gasteiger charge is 2.48. The first kappa shape index (κ1) is 31.4. The van der Waals surface area contributed by atoms with Gasteiger partial charge in [0, 0.05) is 24.6 Å². The van der Waals surface area contributed by atoms with Crippen LogP contribution in [-0.2, 0) is 20.6 Å². The number of nitrogens with zero attached hydrogens (tertiary/aromatic N) is 2. The normalized spacial score (nSPS) is 27.1. The van der Waals surface area contributed by atoms with Crippen molar-refractivity contribution in [2.24, 2.45) is 10.9 Å². The van der Waals surface area contributed by atoms with E-state index in [0.717, 1.165) is 30.4 Å². The van der Waals surface area contributed by atoms with Gasteiger partial charge in [0.15, 0.2) is 17.8 Å². The van der Waals surface area contributed by atoms with Gasteiger partial charge < -0.3 is 34.5 Å². The Labute approximate surface area is 262 Å². The summed E-state index contributed by atoms with van der Waals surface area (Å²) in [7, 11) is 0. The molecule has 1 saturated carbocycles. The molecule has 0 bridgehead atoms. The molecule has 12 heteroatoms. The van der Waals surface area contributed by atoms with Crippen molar-refractivity contribution >= 4 is 29.1 Å². The van der Waals surface area contributed by atoms with Crippen molar-refractivity contribution in [1.82, 2.24) is 10.3 Å². The van der Waals surface area contributed by atoms with Crippen LogP contribution in [0.1, 0.15) is 68.2 Å². The fraction of sp³-hybridized carbons (Fsp3) is 0.625. The first-order valence-electron chi connectivity index (χ1n) is 15.8. The average molecular weight is 633 g/mol. The number of aliphatic hydroxyl groups is 2. The zero-order valence-corrected chi connectivity index (χ0v) is 26.0. The molecular formula is C32H42ClFN4O6. The molecule has 3 heterocycles. The van der Waals surface area contributed by atoms with Crippen LogP contribution in [-0.4, -0.2) is 78.1 Å². The van der Waals surface area contributed by atoms with Gasteiger partial charge in [-0.15, -0.1) is 0 Å². The number of aliphatic hydroxyl groups excluding tert-OH is 2. The lowest BCUT2D eigenvalue weighted by atomic mass is 9.84. The van der Waals surface area contributed by atoms with E-state index in [0.29, 0.717) is 78.8 Å². The van der Waals surface area contributed by atoms with E-state index in [1.54, 1.807) is 6.07 Å². The minimum Gasteiger partial charge on any atom is -0.492 e. The first-order valence-corrected chi connectivity index (χ1v) is 16.1. The number of fused-ring (bicyclic) bond motifs is 2. The van der Waals surface area contributed by atoms with Gasteiger partial charge in [-0.25, -0.2) is 9.37 Å². The smallest absolute Gasteiger partial charge is 0.190 e. The lowest BCUT2D eigenvalue weighted by Crippen LogP contribution is -2.41. The lowest BCUT2D eigenvalue weighted by molar-refractivity contribution is 0.00529. The zero-order chi connectivity index (χ0) is 30.8. The Morgan fingerprint density at radius 3 is 2.80 bits per heavy atom. The molecule has 4 aliphatic rings. The summed E-state index contributed by atoms with van der Waals surface area (Å²) < 4.78 is 38.9. The van der Waals surface area contributed by atoms with Gasteiger partial charge in [-0.3, -0.25) is 5.32 Å². The second kappa shape index (κ2) is 13.8. The van der Waals surface area contributed by atoms with E-state index in [4.69, 9.17) is 40.5 Å². The number of aryl methyl sites for hydroxylation is 2. The van der Waals surface area contributed by atoms with E-state index in [1.165, 1.54) is 12.5 Å². The van der Waals surface area contributed by atoms with Crippen LogP contribution < -0.4 is 15.4 Å². The number of ether oxygens (including phenoxy) is 4. The molecule has 0 amide bonds. The summed E-state index contributed by atoms with van der Waals surface area (Å²) in [5.41, 5.74) is 2.25. The number of benzene rings is 1. The van der Waals surface area contributed by atoms with Crippen molar-refractivity contribution in [2.45, 2.75) is 95.5 Å². The van der Waals surface area contributed by atoms with Gasteiger partial charge in [-0.1, -0.05) is 24.9 Å². The van der Waals surface area contributed by atoms with Gasteiger partial charge in [-0.05, 0) is 68.2 Å². The molecule has 6 atom stereocenters. The monoisotopic (exact) mass is 632 g/mol. The summed E-state index contributed by atoms with van der Waals surface area (Å²) in [6.45, 7) is 5.28. The van der Waals surface area contributed by atoms with E-state index < -0.39 is 12.3 Å². The number of aromatic nitrogens is 1. The molecule has 0 radical (unpaired) electrons. The molecule has 2 aromatic rings. The van der Waals surface area contributed by atoms with Crippen LogP contribution in [0.4, 0.5) is 16.0 Å². The van der Waals surface area contributed by atoms with Crippen LogP contribution in [0.3, 0.4) is 0 Å². The molecule has 1 aromatic heterocycles. The quantitative estimate of drug-likeness (QED) is 0.114. The molecule has 10 nitrogen and oxygen atoms in total. The summed E-state index contributed by atoms with van der Waals surface area (Å²) in [5.74, 6) is 1.85. The fourth-order valence-electron chi connectivity index (χ4n) is 6.36. The third kappa shape index (κ3) is 6.83. The van der Waals surface area contributed by atoms with Gasteiger partial charge in [-0.2, -0.15) is 4.99 Å². The van der Waals surface area contributed by atoms with Crippen LogP contribution >= 0.6 is 11.6 Å². The summed E-state index contributed by atoms with van der Waals surface area (Å²) in [6, 6.07) is 4.79. The molecule has 0 spiro atoms. The lowest BCUT2D eigenvalue weighted by Gasteiger charge is -2.30. The Morgan fingerprint density at radius 1 is 1.20 bits per heavy atom. The summed E-state index contributed by atoms with van der Waals surface area (Å²) in [5, 5.41) is 27.1. The number of pyridine rings is 1. The Kier molecular flexibility index (Phi) is 9.89. The second-order valence-electron chi connectivity index (χ2n) is 12.2. The maximum Gasteiger partial charge on any atom is 0.190 e. The number of rotatable bonds is 12. The van der Waals surface area contributed by atoms with Crippen molar-refractivity contribution in [2.75, 3.05) is 31.7 Å². The number of hydrogen-bond donors (Lipinski definition) is 4. The van der Waals surface area contributed by atoms with Crippen LogP contribution in [0.2, 0.25) is 5.02 Å². The molecule has 2 aliphatic heterocycles. The Bertz CT molecular complexity index is 1360. The highest BCUT2D eigenvalue weighted by Crippen LogP contribution is 2.40. The molecule has 2 unspecified atom stereocenters. The number of aliphatic imine (C=N–C) groups is 1. The van der Waals surface area contributed by atoms with Crippen LogP contribution in [0.15, 0.2) is 23.2 Å². The van der Waals surface area contributed by atoms with E-state index in [9.17, 15) is 10.2 Å². The highest BCUT2D eigenvalue weighted by atomic mass is 35.5. The SMILES string of the molecule is CCC/C(=N\c1nc(NC2CCc3cc(OCCNC(O)C4CCC4)cc(F)c32)c(Cl)cc1C)O[C@@H]1CO[C@H]2[C@@H]1OC[C@H]2O. The standard InChI is InChI=1S/C32H42ClFN4O6/c1-3-5-26(44-25-16-43-28-24(39)15-42-29(25)28)37-30-17(2)12-21(33)31(38-30)36-23-9-8-19-13-20(14-22(34)27(19)23)41-11-10-35-32(40)18-6-4-7-18/h12-14,18,23-25,28-29,32,35,39-40H,3-11,15-16H2,1-2H3,(H,36,38)/b37-26+/t23?,24-,25-,28-,29-,32?/m1/s1. The summed E-state index contributed by atoms with van der Waals surface area (Å²) in [6.07, 6.45) is 3.76. The molecule has 44 heavy (non-hydrogen) atoms. The number of nitrogens with one attached hydrogen (secondary N) is 2. The number of halogens is 2. The van der Waals surface area contributed by atoms with E-state index in [1.807, 2.05) is 19.9 Å². The van der Waals surface area contributed by atoms with Crippen LogP contribution in [0.25, 0.3) is 0 Å². The zero-order valence-electron chi connectivity index (χ0n) is 25.2. The molecule has 2 saturated heterocycles. The third-order valence-electron chi connectivity index (χ3n) is 8.97. The molecule has 3 fully saturated rings. The molecular weight excluding hydrogens is 591 g/mol. The third-order valence-corrected chi connectivity index (χ3v) is 9.26. The molecule has 1 aromatic carbocycles. The largest absolute Gasteiger partial charge is 0.492 e. The highest BCUT2D eigenvalue weighted by molar-refractivity contribution is 6.33. The number of hydrogen-bond acceptors (Lipinski definition) is 10. The van der Waals surface area contributed by atoms with Crippen molar-refractivity contribution < 1.29 is 33.6 Å². The molecule has 4 N–H and O–H groups in total. The Hall–Kier alpha value is -2.54. The maximum absolute atomic E-state index is 15.4. The predicted molar refractivity (Wildman–Crippen MR) is 164 cm³/mol. The fourth-order valence-corrected chi connectivity index (χ4v) is 6.62. The van der Waals surface area contributed by atoms with Gasteiger partial charge in [0.2, 0.25) is 0 Å². The van der Waals surface area contributed by atoms with Crippen LogP contribution in [0.5, 0.6) is 5.75 Å². The van der Waals surface area contributed by atoms with Crippen LogP contribution in [0, 0.1) is 18.7 Å². The predicted octanol–water partition coefficient (Wildman–Crippen LogP) is 4.74. The Balaban J connectivity index is 1.12. The Morgan fingerprint density at radius 2 is 2.02 bits per heavy atom. The topological polar surface area (TPSA) is 127 Å². The van der Waals surface area contributed by atoms with Crippen molar-refractivity contribution in [1.29, 1.82) is 0 Å². The molecule has 240 valence electrons. The maximum atomic E-state index is 15.4. The van der Waals surface area contributed by atoms with Gasteiger partial charge in [0.25, 0.3) is 0 Å². The second-order valence-corrected chi connectivity index (χ2v) is 12.6. The minimum absolute atomic E-state index is 0.227. The van der Waals surface area contributed by atoms with Gasteiger partial charge in [0.05, 0.1) is 24.3 Å². The molecule has 2 aliphatic carbocycles. The summed E-state index contributed by atoms with van der Waals surface area (Å²) in [4.78, 5) is 9.49. The van der Waals surface area contributed by atoms with E-state index >= 15 is 4.39 Å². The minimum atomic E-state index is -0.655. The van der Waals surface area contributed by atoms with E-state index in [2.05, 4.69) is 10.6 Å². The molecule has 6 rings (SSSR count). The van der Waals surface area contributed by atoms with Crippen molar-refractivity contribution in [3.63, 3.8) is 0 Å². The first-order chi connectivity index (χ1) is 21.3. The van der Waals surface area contributed by atoms with Gasteiger partial charge in [0.1, 0.15) is 48.5 Å². The van der Waals surface area contributed by atoms with Gasteiger partial charge >= 0.3 is 0 Å². The average Bonchev–Trinajstić information content (AvgIpc) is 3.65. The van der Waals surface area contributed by atoms with Crippen molar-refractivity contribution in [3.05, 3.63) is 45.7 Å². The summed E-state index contributed by atoms with van der Waals surface area (Å²) >= 11 is 6.61. The number of anilines is 1. The van der Waals surface area contributed by atoms with Crippen molar-refractivity contribution in [3.8, 4) is 5.75 Å².